The van der Waals surface area contributed by atoms with Gasteiger partial charge in [0.1, 0.15) is 18.2 Å². The molecular formula is C24H25FN2OS. The number of hydrogen-bond acceptors (Lipinski definition) is 2. The maximum Gasteiger partial charge on any atom is 0.173 e. The number of anilines is 1. The minimum atomic E-state index is -0.244. The number of hydrogen-bond donors (Lipinski definition) is 1. The van der Waals surface area contributed by atoms with Crippen LogP contribution in [0.5, 0.6) is 5.75 Å². The van der Waals surface area contributed by atoms with Crippen LogP contribution in [0.4, 0.5) is 10.1 Å². The van der Waals surface area contributed by atoms with E-state index in [0.29, 0.717) is 29.5 Å². The van der Waals surface area contributed by atoms with Gasteiger partial charge in [-0.25, -0.2) is 4.39 Å². The third-order valence-electron chi connectivity index (χ3n) is 4.64. The van der Waals surface area contributed by atoms with E-state index in [1.807, 2.05) is 72.5 Å². The molecule has 3 rings (SSSR count). The second-order valence-electron chi connectivity index (χ2n) is 6.83. The molecule has 0 radical (unpaired) electrons. The normalized spacial score (nSPS) is 10.4. The van der Waals surface area contributed by atoms with E-state index in [1.165, 1.54) is 6.07 Å². The van der Waals surface area contributed by atoms with Gasteiger partial charge in [0.25, 0.3) is 0 Å². The van der Waals surface area contributed by atoms with Crippen molar-refractivity contribution in [2.75, 3.05) is 11.9 Å². The molecule has 0 aliphatic carbocycles. The Bertz CT molecular complexity index is 945. The average molecular weight is 409 g/mol. The zero-order valence-corrected chi connectivity index (χ0v) is 17.5. The van der Waals surface area contributed by atoms with Crippen molar-refractivity contribution < 1.29 is 9.13 Å². The van der Waals surface area contributed by atoms with Crippen LogP contribution in [-0.4, -0.2) is 16.6 Å². The standard InChI is InChI=1S/C24H25FN2OS/c1-3-27(24(29)26-21-12-9-18(2)23(25)15-21)16-19-10-13-22(14-11-19)28-17-20-7-5-4-6-8-20/h4-15H,3,16-17H2,1-2H3,(H,26,29). The van der Waals surface area contributed by atoms with E-state index in [2.05, 4.69) is 5.32 Å². The van der Waals surface area contributed by atoms with Crippen molar-refractivity contribution in [2.24, 2.45) is 0 Å². The first-order chi connectivity index (χ1) is 14.0. The lowest BCUT2D eigenvalue weighted by atomic mass is 10.2. The third-order valence-corrected chi connectivity index (χ3v) is 5.00. The van der Waals surface area contributed by atoms with Gasteiger partial charge in [0.05, 0.1) is 0 Å². The van der Waals surface area contributed by atoms with Crippen LogP contribution in [0.25, 0.3) is 0 Å². The summed E-state index contributed by atoms with van der Waals surface area (Å²) in [7, 11) is 0. The Morgan fingerprint density at radius 2 is 1.72 bits per heavy atom. The summed E-state index contributed by atoms with van der Waals surface area (Å²) < 4.78 is 19.6. The molecule has 150 valence electrons. The SMILES string of the molecule is CCN(Cc1ccc(OCc2ccccc2)cc1)C(=S)Nc1ccc(C)c(F)c1. The van der Waals surface area contributed by atoms with Crippen molar-refractivity contribution >= 4 is 23.0 Å². The molecule has 5 heteroatoms. The van der Waals surface area contributed by atoms with Crippen LogP contribution in [0, 0.1) is 12.7 Å². The Balaban J connectivity index is 1.56. The van der Waals surface area contributed by atoms with Crippen molar-refractivity contribution in [3.8, 4) is 5.75 Å². The Morgan fingerprint density at radius 3 is 2.38 bits per heavy atom. The van der Waals surface area contributed by atoms with Crippen molar-refractivity contribution in [2.45, 2.75) is 27.0 Å². The van der Waals surface area contributed by atoms with Crippen LogP contribution in [0.3, 0.4) is 0 Å². The molecule has 0 unspecified atom stereocenters. The lowest BCUT2D eigenvalue weighted by Gasteiger charge is -2.24. The molecule has 0 heterocycles. The zero-order chi connectivity index (χ0) is 20.6. The topological polar surface area (TPSA) is 24.5 Å². The van der Waals surface area contributed by atoms with E-state index in [1.54, 1.807) is 13.0 Å². The van der Waals surface area contributed by atoms with Crippen molar-refractivity contribution in [3.05, 3.63) is 95.3 Å². The monoisotopic (exact) mass is 408 g/mol. The van der Waals surface area contributed by atoms with E-state index in [-0.39, 0.29) is 5.82 Å². The summed E-state index contributed by atoms with van der Waals surface area (Å²) in [6.45, 7) is 5.73. The molecule has 0 spiro atoms. The molecule has 3 aromatic rings. The first kappa shape index (κ1) is 20.8. The maximum atomic E-state index is 13.8. The van der Waals surface area contributed by atoms with Crippen LogP contribution in [-0.2, 0) is 13.2 Å². The first-order valence-electron chi connectivity index (χ1n) is 9.63. The quantitative estimate of drug-likeness (QED) is 0.490. The predicted octanol–water partition coefficient (Wildman–Crippen LogP) is 5.93. The third kappa shape index (κ3) is 6.03. The highest BCUT2D eigenvalue weighted by atomic mass is 32.1. The Labute approximate surface area is 177 Å². The Hall–Kier alpha value is -2.92. The van der Waals surface area contributed by atoms with Gasteiger partial charge in [-0.3, -0.25) is 0 Å². The molecule has 0 fully saturated rings. The van der Waals surface area contributed by atoms with Crippen molar-refractivity contribution in [3.63, 3.8) is 0 Å². The first-order valence-corrected chi connectivity index (χ1v) is 10.0. The van der Waals surface area contributed by atoms with E-state index < -0.39 is 0 Å². The summed E-state index contributed by atoms with van der Waals surface area (Å²) in [4.78, 5) is 2.03. The van der Waals surface area contributed by atoms with Gasteiger partial charge in [-0.2, -0.15) is 0 Å². The average Bonchev–Trinajstić information content (AvgIpc) is 2.74. The van der Waals surface area contributed by atoms with Crippen LogP contribution in [0.1, 0.15) is 23.6 Å². The number of nitrogens with zero attached hydrogens (tertiary/aromatic N) is 1. The smallest absolute Gasteiger partial charge is 0.173 e. The van der Waals surface area contributed by atoms with Gasteiger partial charge in [-0.1, -0.05) is 48.5 Å². The number of rotatable bonds is 7. The van der Waals surface area contributed by atoms with Gasteiger partial charge in [0, 0.05) is 18.8 Å². The fourth-order valence-corrected chi connectivity index (χ4v) is 3.16. The highest BCUT2D eigenvalue weighted by Gasteiger charge is 2.10. The van der Waals surface area contributed by atoms with Gasteiger partial charge >= 0.3 is 0 Å². The van der Waals surface area contributed by atoms with Crippen molar-refractivity contribution in [1.29, 1.82) is 0 Å². The largest absolute Gasteiger partial charge is 0.489 e. The minimum absolute atomic E-state index is 0.244. The van der Waals surface area contributed by atoms with Gasteiger partial charge < -0.3 is 15.0 Å². The second kappa shape index (κ2) is 10.0. The molecule has 3 aromatic carbocycles. The molecule has 1 N–H and O–H groups in total. The molecule has 0 saturated heterocycles. The molecule has 0 aliphatic rings. The molecule has 3 nitrogen and oxygen atoms in total. The summed E-state index contributed by atoms with van der Waals surface area (Å²) in [5, 5.41) is 3.69. The van der Waals surface area contributed by atoms with E-state index >= 15 is 0 Å². The van der Waals surface area contributed by atoms with Crippen molar-refractivity contribution in [1.82, 2.24) is 4.90 Å². The number of benzene rings is 3. The van der Waals surface area contributed by atoms with Gasteiger partial charge in [0.15, 0.2) is 5.11 Å². The van der Waals surface area contributed by atoms with Crippen LogP contribution in [0.15, 0.2) is 72.8 Å². The molecule has 0 aromatic heterocycles. The zero-order valence-electron chi connectivity index (χ0n) is 16.7. The Kier molecular flexibility index (Phi) is 7.19. The van der Waals surface area contributed by atoms with Crippen LogP contribution >= 0.6 is 12.2 Å². The molecule has 29 heavy (non-hydrogen) atoms. The van der Waals surface area contributed by atoms with E-state index in [0.717, 1.165) is 23.4 Å². The number of halogens is 1. The molecule has 0 bridgehead atoms. The lowest BCUT2D eigenvalue weighted by Crippen LogP contribution is -2.34. The molecular weight excluding hydrogens is 383 g/mol. The molecule has 0 atom stereocenters. The minimum Gasteiger partial charge on any atom is -0.489 e. The van der Waals surface area contributed by atoms with Gasteiger partial charge in [0.2, 0.25) is 0 Å². The summed E-state index contributed by atoms with van der Waals surface area (Å²) in [6, 6.07) is 23.1. The molecule has 0 saturated carbocycles. The summed E-state index contributed by atoms with van der Waals surface area (Å²) in [5.41, 5.74) is 3.53. The van der Waals surface area contributed by atoms with E-state index in [4.69, 9.17) is 17.0 Å². The highest BCUT2D eigenvalue weighted by Crippen LogP contribution is 2.17. The van der Waals surface area contributed by atoms with Crippen LogP contribution < -0.4 is 10.1 Å². The lowest BCUT2D eigenvalue weighted by molar-refractivity contribution is 0.306. The predicted molar refractivity (Wildman–Crippen MR) is 121 cm³/mol. The number of aryl methyl sites for hydroxylation is 1. The Morgan fingerprint density at radius 1 is 1.00 bits per heavy atom. The highest BCUT2D eigenvalue weighted by molar-refractivity contribution is 7.80. The molecule has 0 amide bonds. The summed E-state index contributed by atoms with van der Waals surface area (Å²) in [5.74, 6) is 0.587. The number of nitrogens with one attached hydrogen (secondary N) is 1. The fourth-order valence-electron chi connectivity index (χ4n) is 2.85. The summed E-state index contributed by atoms with van der Waals surface area (Å²) >= 11 is 5.52. The van der Waals surface area contributed by atoms with Gasteiger partial charge in [-0.05, 0) is 67.0 Å². The fraction of sp³-hybridized carbons (Fsp3) is 0.208. The van der Waals surface area contributed by atoms with Crippen LogP contribution in [0.2, 0.25) is 0 Å². The summed E-state index contributed by atoms with van der Waals surface area (Å²) in [6.07, 6.45) is 0. The van der Waals surface area contributed by atoms with Gasteiger partial charge in [-0.15, -0.1) is 0 Å². The maximum absolute atomic E-state index is 13.8. The molecule has 0 aliphatic heterocycles. The second-order valence-corrected chi connectivity index (χ2v) is 7.21. The number of ether oxygens (including phenoxy) is 1. The number of thiocarbonyl (C=S) groups is 1. The van der Waals surface area contributed by atoms with E-state index in [9.17, 15) is 4.39 Å².